The van der Waals surface area contributed by atoms with E-state index in [1.807, 2.05) is 0 Å². The lowest BCUT2D eigenvalue weighted by Crippen LogP contribution is -2.39. The van der Waals surface area contributed by atoms with Crippen LogP contribution in [0.25, 0.3) is 0 Å². The first kappa shape index (κ1) is 12.0. The molecule has 6 heteroatoms. The van der Waals surface area contributed by atoms with Crippen molar-refractivity contribution in [3.63, 3.8) is 0 Å². The van der Waals surface area contributed by atoms with Gasteiger partial charge in [-0.2, -0.15) is 0 Å². The van der Waals surface area contributed by atoms with Gasteiger partial charge in [0.1, 0.15) is 11.7 Å². The van der Waals surface area contributed by atoms with Crippen molar-refractivity contribution in [2.75, 3.05) is 12.8 Å². The number of esters is 1. The minimum absolute atomic E-state index is 0.199. The number of methoxy groups -OCH3 is 1. The molecule has 0 aliphatic rings. The van der Waals surface area contributed by atoms with Gasteiger partial charge in [0.15, 0.2) is 0 Å². The zero-order chi connectivity index (χ0) is 12.1. The Kier molecular flexibility index (Phi) is 3.82. The maximum atomic E-state index is 11.6. The number of pyridine rings is 1. The van der Waals surface area contributed by atoms with E-state index in [-0.39, 0.29) is 5.69 Å². The fourth-order valence-corrected chi connectivity index (χ4v) is 1.05. The zero-order valence-corrected chi connectivity index (χ0v) is 9.06. The quantitative estimate of drug-likeness (QED) is 0.701. The summed E-state index contributed by atoms with van der Waals surface area (Å²) in [7, 11) is 1.26. The van der Waals surface area contributed by atoms with Crippen molar-refractivity contribution in [1.82, 2.24) is 10.3 Å². The van der Waals surface area contributed by atoms with E-state index in [0.29, 0.717) is 5.69 Å². The number of aromatic nitrogens is 1. The molecule has 16 heavy (non-hydrogen) atoms. The van der Waals surface area contributed by atoms with Crippen molar-refractivity contribution in [2.24, 2.45) is 0 Å². The standard InChI is InChI=1S/C10H13N3O3/c1-6(10(15)16-2)13-9(14)8-4-3-7(11)5-12-8/h3-6H,11H2,1-2H3,(H,13,14). The van der Waals surface area contributed by atoms with Gasteiger partial charge in [-0.25, -0.2) is 9.78 Å². The van der Waals surface area contributed by atoms with Crippen LogP contribution in [0.5, 0.6) is 0 Å². The van der Waals surface area contributed by atoms with Crippen LogP contribution in [0, 0.1) is 0 Å². The lowest BCUT2D eigenvalue weighted by atomic mass is 10.3. The van der Waals surface area contributed by atoms with Crippen molar-refractivity contribution in [1.29, 1.82) is 0 Å². The van der Waals surface area contributed by atoms with E-state index < -0.39 is 17.9 Å². The molecular weight excluding hydrogens is 210 g/mol. The number of nitrogen functional groups attached to an aromatic ring is 1. The Labute approximate surface area is 92.8 Å². The predicted molar refractivity (Wildman–Crippen MR) is 57.6 cm³/mol. The second kappa shape index (κ2) is 5.11. The summed E-state index contributed by atoms with van der Waals surface area (Å²) in [5.41, 5.74) is 6.10. The molecule has 1 unspecified atom stereocenters. The van der Waals surface area contributed by atoms with Gasteiger partial charge in [0.25, 0.3) is 5.91 Å². The summed E-state index contributed by atoms with van der Waals surface area (Å²) in [5.74, 6) is -0.957. The van der Waals surface area contributed by atoms with Crippen LogP contribution in [0.4, 0.5) is 5.69 Å². The third kappa shape index (κ3) is 2.94. The molecule has 0 saturated heterocycles. The van der Waals surface area contributed by atoms with Crippen LogP contribution in [0.2, 0.25) is 0 Å². The predicted octanol–water partition coefficient (Wildman–Crippen LogP) is -0.0449. The molecule has 0 fully saturated rings. The van der Waals surface area contributed by atoms with Crippen molar-refractivity contribution < 1.29 is 14.3 Å². The second-order valence-electron chi connectivity index (χ2n) is 3.20. The molecule has 3 N–H and O–H groups in total. The number of nitrogens with one attached hydrogen (secondary N) is 1. The minimum Gasteiger partial charge on any atom is -0.467 e. The van der Waals surface area contributed by atoms with Gasteiger partial charge in [0.05, 0.1) is 19.0 Å². The largest absolute Gasteiger partial charge is 0.467 e. The summed E-state index contributed by atoms with van der Waals surface area (Å²) < 4.78 is 4.47. The van der Waals surface area contributed by atoms with E-state index in [0.717, 1.165) is 0 Å². The molecule has 0 aliphatic carbocycles. The van der Waals surface area contributed by atoms with Crippen LogP contribution in [-0.2, 0) is 9.53 Å². The van der Waals surface area contributed by atoms with E-state index >= 15 is 0 Å². The molecule has 0 saturated carbocycles. The molecule has 1 aromatic heterocycles. The number of anilines is 1. The Hall–Kier alpha value is -2.11. The van der Waals surface area contributed by atoms with Crippen molar-refractivity contribution in [2.45, 2.75) is 13.0 Å². The highest BCUT2D eigenvalue weighted by Crippen LogP contribution is 2.01. The monoisotopic (exact) mass is 223 g/mol. The molecule has 1 amide bonds. The Morgan fingerprint density at radius 2 is 2.19 bits per heavy atom. The highest BCUT2D eigenvalue weighted by Gasteiger charge is 2.17. The highest BCUT2D eigenvalue weighted by molar-refractivity contribution is 5.95. The summed E-state index contributed by atoms with van der Waals surface area (Å²) in [6.45, 7) is 1.53. The fraction of sp³-hybridized carbons (Fsp3) is 0.300. The number of nitrogens with two attached hydrogens (primary N) is 1. The third-order valence-electron chi connectivity index (χ3n) is 1.92. The van der Waals surface area contributed by atoms with Gasteiger partial charge in [-0.3, -0.25) is 4.79 Å². The molecule has 1 rings (SSSR count). The Morgan fingerprint density at radius 3 is 2.69 bits per heavy atom. The van der Waals surface area contributed by atoms with Gasteiger partial charge in [-0.15, -0.1) is 0 Å². The van der Waals surface area contributed by atoms with Crippen LogP contribution in [-0.4, -0.2) is 30.0 Å². The number of carbonyl (C=O) groups excluding carboxylic acids is 2. The average molecular weight is 223 g/mol. The Balaban J connectivity index is 2.65. The van der Waals surface area contributed by atoms with Gasteiger partial charge in [0, 0.05) is 0 Å². The van der Waals surface area contributed by atoms with Crippen molar-refractivity contribution >= 4 is 17.6 Å². The Bertz CT molecular complexity index is 389. The van der Waals surface area contributed by atoms with Crippen LogP contribution in [0.1, 0.15) is 17.4 Å². The van der Waals surface area contributed by atoms with Gasteiger partial charge in [-0.05, 0) is 19.1 Å². The first-order valence-corrected chi connectivity index (χ1v) is 4.65. The number of nitrogens with zero attached hydrogens (tertiary/aromatic N) is 1. The zero-order valence-electron chi connectivity index (χ0n) is 9.06. The normalized spacial score (nSPS) is 11.6. The number of hydrogen-bond acceptors (Lipinski definition) is 5. The summed E-state index contributed by atoms with van der Waals surface area (Å²) >= 11 is 0. The smallest absolute Gasteiger partial charge is 0.328 e. The molecule has 1 aromatic rings. The van der Waals surface area contributed by atoms with E-state index in [2.05, 4.69) is 15.0 Å². The number of ether oxygens (including phenoxy) is 1. The number of rotatable bonds is 3. The lowest BCUT2D eigenvalue weighted by molar-refractivity contribution is -0.142. The molecule has 86 valence electrons. The first-order chi connectivity index (χ1) is 7.54. The Morgan fingerprint density at radius 1 is 1.50 bits per heavy atom. The van der Waals surface area contributed by atoms with Crippen LogP contribution in [0.3, 0.4) is 0 Å². The first-order valence-electron chi connectivity index (χ1n) is 4.65. The molecule has 1 atom stereocenters. The molecule has 0 spiro atoms. The second-order valence-corrected chi connectivity index (χ2v) is 3.20. The maximum Gasteiger partial charge on any atom is 0.328 e. The molecule has 6 nitrogen and oxygen atoms in total. The van der Waals surface area contributed by atoms with Crippen molar-refractivity contribution in [3.8, 4) is 0 Å². The van der Waals surface area contributed by atoms with E-state index in [1.54, 1.807) is 6.07 Å². The SMILES string of the molecule is COC(=O)C(C)NC(=O)c1ccc(N)cn1. The minimum atomic E-state index is -0.711. The van der Waals surface area contributed by atoms with Crippen LogP contribution >= 0.6 is 0 Å². The third-order valence-corrected chi connectivity index (χ3v) is 1.92. The van der Waals surface area contributed by atoms with Gasteiger partial charge in [0.2, 0.25) is 0 Å². The summed E-state index contributed by atoms with van der Waals surface area (Å²) in [4.78, 5) is 26.4. The van der Waals surface area contributed by atoms with E-state index in [1.165, 1.54) is 26.3 Å². The molecule has 1 heterocycles. The van der Waals surface area contributed by atoms with E-state index in [4.69, 9.17) is 5.73 Å². The number of carbonyl (C=O) groups is 2. The lowest BCUT2D eigenvalue weighted by Gasteiger charge is -2.10. The topological polar surface area (TPSA) is 94.3 Å². The highest BCUT2D eigenvalue weighted by atomic mass is 16.5. The van der Waals surface area contributed by atoms with Gasteiger partial charge < -0.3 is 15.8 Å². The fourth-order valence-electron chi connectivity index (χ4n) is 1.05. The molecule has 0 aliphatic heterocycles. The average Bonchev–Trinajstić information content (AvgIpc) is 2.28. The summed E-state index contributed by atoms with van der Waals surface area (Å²) in [6.07, 6.45) is 1.37. The molecule has 0 radical (unpaired) electrons. The molecule has 0 aromatic carbocycles. The van der Waals surface area contributed by atoms with Crippen molar-refractivity contribution in [3.05, 3.63) is 24.0 Å². The number of amides is 1. The van der Waals surface area contributed by atoms with Crippen LogP contribution < -0.4 is 11.1 Å². The van der Waals surface area contributed by atoms with E-state index in [9.17, 15) is 9.59 Å². The molecule has 0 bridgehead atoms. The maximum absolute atomic E-state index is 11.6. The summed E-state index contributed by atoms with van der Waals surface area (Å²) in [5, 5.41) is 2.45. The van der Waals surface area contributed by atoms with Crippen LogP contribution in [0.15, 0.2) is 18.3 Å². The van der Waals surface area contributed by atoms with Gasteiger partial charge in [-0.1, -0.05) is 0 Å². The summed E-state index contributed by atoms with van der Waals surface area (Å²) in [6, 6.07) is 2.33. The number of hydrogen-bond donors (Lipinski definition) is 2. The molecular formula is C10H13N3O3. The van der Waals surface area contributed by atoms with Gasteiger partial charge >= 0.3 is 5.97 Å².